The van der Waals surface area contributed by atoms with Crippen LogP contribution in [0.25, 0.3) is 0 Å². The summed E-state index contributed by atoms with van der Waals surface area (Å²) in [5.74, 6) is 0.257. The minimum Gasteiger partial charge on any atom is -0.380 e. The maximum Gasteiger partial charge on any atom is 0.319 e. The van der Waals surface area contributed by atoms with E-state index in [0.717, 1.165) is 0 Å². The average Bonchev–Trinajstić information content (AvgIpc) is 2.42. The molecule has 2 unspecified atom stereocenters. The Morgan fingerprint density at radius 3 is 2.36 bits per heavy atom. The van der Waals surface area contributed by atoms with E-state index >= 15 is 0 Å². The molecule has 0 heterocycles. The predicted octanol–water partition coefficient (Wildman–Crippen LogP) is 2.90. The molecule has 124 valence electrons. The number of anilines is 1. The highest BCUT2D eigenvalue weighted by atomic mass is 32.2. The number of ether oxygens (including phenoxy) is 1. The Balaban J connectivity index is 2.64. The number of benzene rings is 1. The number of urea groups is 1. The van der Waals surface area contributed by atoms with Crippen LogP contribution in [0.3, 0.4) is 0 Å². The van der Waals surface area contributed by atoms with Gasteiger partial charge in [0, 0.05) is 23.4 Å². The lowest BCUT2D eigenvalue weighted by Gasteiger charge is -2.22. The van der Waals surface area contributed by atoms with E-state index in [0.29, 0.717) is 23.8 Å². The molecule has 2 atom stereocenters. The van der Waals surface area contributed by atoms with Gasteiger partial charge in [-0.15, -0.1) is 0 Å². The number of rotatable bonds is 7. The van der Waals surface area contributed by atoms with Gasteiger partial charge in [0.15, 0.2) is 0 Å². The van der Waals surface area contributed by atoms with Crippen LogP contribution in [0.4, 0.5) is 10.5 Å². The number of carbonyl (C=O) groups excluding carboxylic acids is 1. The Labute approximate surface area is 132 Å². The summed E-state index contributed by atoms with van der Waals surface area (Å²) < 4.78 is 24.5. The average molecular weight is 327 g/mol. The molecule has 1 aromatic rings. The fourth-order valence-corrected chi connectivity index (χ4v) is 2.43. The Morgan fingerprint density at radius 2 is 1.91 bits per heavy atom. The van der Waals surface area contributed by atoms with Crippen LogP contribution in [0.2, 0.25) is 0 Å². The van der Waals surface area contributed by atoms with Crippen molar-refractivity contribution in [2.75, 3.05) is 24.8 Å². The van der Waals surface area contributed by atoms with Crippen LogP contribution >= 0.6 is 0 Å². The van der Waals surface area contributed by atoms with Crippen LogP contribution in [0, 0.1) is 10.7 Å². The second-order valence-corrected chi connectivity index (χ2v) is 7.64. The lowest BCUT2D eigenvalue weighted by Crippen LogP contribution is -2.44. The van der Waals surface area contributed by atoms with E-state index in [1.165, 1.54) is 6.26 Å². The van der Waals surface area contributed by atoms with Gasteiger partial charge in [-0.2, -0.15) is 0 Å². The zero-order valence-electron chi connectivity index (χ0n) is 13.5. The lowest BCUT2D eigenvalue weighted by atomic mass is 10.1. The molecular formula is C15H25N3O3S. The summed E-state index contributed by atoms with van der Waals surface area (Å²) in [6.07, 6.45) is 1.36. The molecule has 0 radical (unpaired) electrons. The number of nitrogens with one attached hydrogen (secondary N) is 3. The molecule has 1 aromatic carbocycles. The fraction of sp³-hybridized carbons (Fsp3) is 0.533. The van der Waals surface area contributed by atoms with E-state index in [9.17, 15) is 9.00 Å². The molecular weight excluding hydrogens is 302 g/mol. The smallest absolute Gasteiger partial charge is 0.319 e. The molecule has 0 fully saturated rings. The van der Waals surface area contributed by atoms with Gasteiger partial charge in [-0.3, -0.25) is 0 Å². The summed E-state index contributed by atoms with van der Waals surface area (Å²) in [4.78, 5) is 12.4. The van der Waals surface area contributed by atoms with Crippen molar-refractivity contribution < 1.29 is 13.7 Å². The van der Waals surface area contributed by atoms with Gasteiger partial charge in [0.1, 0.15) is 0 Å². The van der Waals surface area contributed by atoms with Crippen LogP contribution in [0.1, 0.15) is 20.8 Å². The first-order valence-corrected chi connectivity index (χ1v) is 9.19. The first kappa shape index (κ1) is 18.4. The second kappa shape index (κ2) is 8.14. The summed E-state index contributed by atoms with van der Waals surface area (Å²) >= 11 is 0. The molecule has 1 rings (SSSR count). The van der Waals surface area contributed by atoms with Crippen LogP contribution in [0.5, 0.6) is 0 Å². The quantitative estimate of drug-likeness (QED) is 0.719. The number of hydrogen-bond donors (Lipinski definition) is 3. The molecule has 3 N–H and O–H groups in total. The van der Waals surface area contributed by atoms with Crippen LogP contribution in [0.15, 0.2) is 29.2 Å². The van der Waals surface area contributed by atoms with E-state index in [4.69, 9.17) is 9.52 Å². The minimum absolute atomic E-state index is 0.0677. The standard InChI is InChI=1S/C15H25N3O3S/c1-5-21-10-14(11(2)3)18-15(19)17-12-6-8-13(9-7-12)22(4,16)20/h6-9,11,14,16H,5,10H2,1-4H3,(H2,17,18,19). The maximum absolute atomic E-state index is 12.0. The van der Waals surface area contributed by atoms with Crippen molar-refractivity contribution in [2.45, 2.75) is 31.7 Å². The molecule has 0 aliphatic carbocycles. The number of hydrogen-bond acceptors (Lipinski definition) is 4. The molecule has 0 bridgehead atoms. The highest BCUT2D eigenvalue weighted by molar-refractivity contribution is 7.91. The molecule has 2 amide bonds. The van der Waals surface area contributed by atoms with Gasteiger partial charge >= 0.3 is 6.03 Å². The van der Waals surface area contributed by atoms with Crippen LogP contribution in [-0.4, -0.2) is 35.8 Å². The van der Waals surface area contributed by atoms with Crippen molar-refractivity contribution >= 4 is 21.4 Å². The van der Waals surface area contributed by atoms with Gasteiger partial charge in [-0.05, 0) is 37.1 Å². The van der Waals surface area contributed by atoms with Crippen molar-refractivity contribution in [1.82, 2.24) is 5.32 Å². The predicted molar refractivity (Wildman–Crippen MR) is 88.8 cm³/mol. The van der Waals surface area contributed by atoms with Gasteiger partial charge in [0.25, 0.3) is 0 Å². The molecule has 22 heavy (non-hydrogen) atoms. The Bertz CT molecular complexity index is 583. The van der Waals surface area contributed by atoms with Gasteiger partial charge in [-0.1, -0.05) is 13.8 Å². The molecule has 7 heteroatoms. The third-order valence-corrected chi connectivity index (χ3v) is 4.36. The second-order valence-electron chi connectivity index (χ2n) is 5.48. The van der Waals surface area contributed by atoms with Crippen molar-refractivity contribution in [1.29, 1.82) is 4.78 Å². The highest BCUT2D eigenvalue weighted by Gasteiger charge is 2.16. The van der Waals surface area contributed by atoms with Gasteiger partial charge in [0.2, 0.25) is 0 Å². The molecule has 0 aromatic heterocycles. The highest BCUT2D eigenvalue weighted by Crippen LogP contribution is 2.14. The van der Waals surface area contributed by atoms with E-state index in [2.05, 4.69) is 10.6 Å². The first-order chi connectivity index (χ1) is 10.2. The first-order valence-electron chi connectivity index (χ1n) is 7.23. The SMILES string of the molecule is CCOCC(NC(=O)Nc1ccc(S(C)(=N)=O)cc1)C(C)C. The monoisotopic (exact) mass is 327 g/mol. The zero-order valence-corrected chi connectivity index (χ0v) is 14.3. The molecule has 0 aliphatic rings. The van der Waals surface area contributed by atoms with Gasteiger partial charge in [-0.25, -0.2) is 13.8 Å². The van der Waals surface area contributed by atoms with E-state index in [1.54, 1.807) is 24.3 Å². The largest absolute Gasteiger partial charge is 0.380 e. The van der Waals surface area contributed by atoms with Crippen LogP contribution in [-0.2, 0) is 14.5 Å². The van der Waals surface area contributed by atoms with Crippen molar-refractivity contribution in [3.8, 4) is 0 Å². The van der Waals surface area contributed by atoms with Crippen LogP contribution < -0.4 is 10.6 Å². The summed E-state index contributed by atoms with van der Waals surface area (Å²) in [5.41, 5.74) is 0.587. The van der Waals surface area contributed by atoms with E-state index < -0.39 is 9.73 Å². The fourth-order valence-electron chi connectivity index (χ4n) is 1.78. The molecule has 6 nitrogen and oxygen atoms in total. The van der Waals surface area contributed by atoms with Crippen molar-refractivity contribution in [3.63, 3.8) is 0 Å². The maximum atomic E-state index is 12.0. The zero-order chi connectivity index (χ0) is 16.8. The van der Waals surface area contributed by atoms with E-state index in [1.807, 2.05) is 20.8 Å². The normalized spacial score (nSPS) is 15.1. The van der Waals surface area contributed by atoms with Crippen molar-refractivity contribution in [3.05, 3.63) is 24.3 Å². The van der Waals surface area contributed by atoms with Gasteiger partial charge in [0.05, 0.1) is 22.4 Å². The lowest BCUT2D eigenvalue weighted by molar-refractivity contribution is 0.111. The summed E-state index contributed by atoms with van der Waals surface area (Å²) in [6.45, 7) is 7.03. The summed E-state index contributed by atoms with van der Waals surface area (Å²) in [7, 11) is -2.73. The Kier molecular flexibility index (Phi) is 6.83. The molecule has 0 saturated heterocycles. The summed E-state index contributed by atoms with van der Waals surface area (Å²) in [6, 6.07) is 6.07. The molecule has 0 spiro atoms. The van der Waals surface area contributed by atoms with Crippen molar-refractivity contribution in [2.24, 2.45) is 5.92 Å². The molecule has 0 aliphatic heterocycles. The Morgan fingerprint density at radius 1 is 1.32 bits per heavy atom. The molecule has 0 saturated carbocycles. The number of amides is 2. The Hall–Kier alpha value is -1.60. The number of carbonyl (C=O) groups is 1. The summed E-state index contributed by atoms with van der Waals surface area (Å²) in [5, 5.41) is 5.60. The van der Waals surface area contributed by atoms with Gasteiger partial charge < -0.3 is 15.4 Å². The van der Waals surface area contributed by atoms with E-state index in [-0.39, 0.29) is 18.0 Å². The minimum atomic E-state index is -2.73. The third-order valence-electron chi connectivity index (χ3n) is 3.18. The topological polar surface area (TPSA) is 91.3 Å². The third kappa shape index (κ3) is 6.03.